The van der Waals surface area contributed by atoms with Gasteiger partial charge < -0.3 is 0 Å². The SMILES string of the molecule is FC(F)c1cccc2sncc12. The lowest BCUT2D eigenvalue weighted by Crippen LogP contribution is -1.82. The summed E-state index contributed by atoms with van der Waals surface area (Å²) >= 11 is 1.24. The van der Waals surface area contributed by atoms with E-state index in [1.165, 1.54) is 23.8 Å². The van der Waals surface area contributed by atoms with Crippen molar-refractivity contribution in [1.29, 1.82) is 0 Å². The molecule has 0 atom stereocenters. The van der Waals surface area contributed by atoms with E-state index in [1.807, 2.05) is 0 Å². The van der Waals surface area contributed by atoms with Crippen LogP contribution in [0.4, 0.5) is 8.78 Å². The number of alkyl halides is 2. The highest BCUT2D eigenvalue weighted by atomic mass is 32.1. The summed E-state index contributed by atoms with van der Waals surface area (Å²) in [4.78, 5) is 0. The van der Waals surface area contributed by atoms with Crippen LogP contribution in [0.15, 0.2) is 24.4 Å². The van der Waals surface area contributed by atoms with Gasteiger partial charge in [-0.3, -0.25) is 0 Å². The molecule has 0 radical (unpaired) electrons. The fourth-order valence-corrected chi connectivity index (χ4v) is 1.78. The van der Waals surface area contributed by atoms with Gasteiger partial charge in [0.05, 0.1) is 4.70 Å². The molecule has 0 saturated carbocycles. The second kappa shape index (κ2) is 2.79. The van der Waals surface area contributed by atoms with Crippen LogP contribution >= 0.6 is 11.5 Å². The van der Waals surface area contributed by atoms with Gasteiger partial charge in [0.15, 0.2) is 0 Å². The summed E-state index contributed by atoms with van der Waals surface area (Å²) in [6.45, 7) is 0. The third-order valence-corrected chi connectivity index (χ3v) is 2.43. The Labute approximate surface area is 71.8 Å². The van der Waals surface area contributed by atoms with Gasteiger partial charge in [-0.1, -0.05) is 12.1 Å². The van der Waals surface area contributed by atoms with Gasteiger partial charge in [0.1, 0.15) is 0 Å². The van der Waals surface area contributed by atoms with Gasteiger partial charge in [0, 0.05) is 17.1 Å². The summed E-state index contributed by atoms with van der Waals surface area (Å²) < 4.78 is 29.4. The van der Waals surface area contributed by atoms with Gasteiger partial charge in [-0.25, -0.2) is 8.78 Å². The van der Waals surface area contributed by atoms with Gasteiger partial charge in [0.25, 0.3) is 6.43 Å². The Morgan fingerprint density at radius 3 is 2.92 bits per heavy atom. The van der Waals surface area contributed by atoms with Gasteiger partial charge in [0.2, 0.25) is 0 Å². The highest BCUT2D eigenvalue weighted by Gasteiger charge is 2.11. The maximum Gasteiger partial charge on any atom is 0.264 e. The smallest absolute Gasteiger partial charge is 0.205 e. The molecule has 62 valence electrons. The molecule has 2 rings (SSSR count). The lowest BCUT2D eigenvalue weighted by atomic mass is 10.1. The number of fused-ring (bicyclic) bond motifs is 1. The Kier molecular flexibility index (Phi) is 1.77. The standard InChI is InChI=1S/C8H5F2NS/c9-8(10)5-2-1-3-7-6(5)4-11-12-7/h1-4,8H. The molecule has 0 amide bonds. The predicted octanol–water partition coefficient (Wildman–Crippen LogP) is 3.23. The molecule has 0 aliphatic rings. The van der Waals surface area contributed by atoms with Gasteiger partial charge in [-0.05, 0) is 17.6 Å². The summed E-state index contributed by atoms with van der Waals surface area (Å²) in [5.74, 6) is 0. The monoisotopic (exact) mass is 185 g/mol. The van der Waals surface area contributed by atoms with Crippen LogP contribution in [0.25, 0.3) is 10.1 Å². The molecule has 0 bridgehead atoms. The maximum absolute atomic E-state index is 12.4. The van der Waals surface area contributed by atoms with Crippen LogP contribution in [-0.4, -0.2) is 4.37 Å². The van der Waals surface area contributed by atoms with Gasteiger partial charge in [-0.2, -0.15) is 4.37 Å². The zero-order valence-electron chi connectivity index (χ0n) is 6.00. The summed E-state index contributed by atoms with van der Waals surface area (Å²) in [7, 11) is 0. The van der Waals surface area contributed by atoms with Crippen LogP contribution in [0, 0.1) is 0 Å². The molecule has 1 nitrogen and oxygen atoms in total. The molecular weight excluding hydrogens is 180 g/mol. The van der Waals surface area contributed by atoms with E-state index in [2.05, 4.69) is 4.37 Å². The molecule has 1 aromatic carbocycles. The fraction of sp³-hybridized carbons (Fsp3) is 0.125. The second-order valence-corrected chi connectivity index (χ2v) is 3.22. The number of benzene rings is 1. The van der Waals surface area contributed by atoms with Crippen LogP contribution < -0.4 is 0 Å². The second-order valence-electron chi connectivity index (χ2n) is 2.39. The molecule has 1 aromatic heterocycles. The van der Waals surface area contributed by atoms with E-state index in [0.717, 1.165) is 4.70 Å². The minimum Gasteiger partial charge on any atom is -0.205 e. The van der Waals surface area contributed by atoms with Crippen molar-refractivity contribution in [1.82, 2.24) is 4.37 Å². The molecule has 1 heterocycles. The summed E-state index contributed by atoms with van der Waals surface area (Å²) in [5.41, 5.74) is 0.0706. The van der Waals surface area contributed by atoms with E-state index in [9.17, 15) is 8.78 Å². The average Bonchev–Trinajstić information content (AvgIpc) is 2.49. The maximum atomic E-state index is 12.4. The minimum atomic E-state index is -2.41. The van der Waals surface area contributed by atoms with E-state index in [-0.39, 0.29) is 5.56 Å². The minimum absolute atomic E-state index is 0.0706. The average molecular weight is 185 g/mol. The Morgan fingerprint density at radius 2 is 2.17 bits per heavy atom. The van der Waals surface area contributed by atoms with E-state index < -0.39 is 6.43 Å². The number of rotatable bonds is 1. The topological polar surface area (TPSA) is 12.9 Å². The van der Waals surface area contributed by atoms with E-state index in [1.54, 1.807) is 12.1 Å². The molecule has 0 fully saturated rings. The zero-order chi connectivity index (χ0) is 8.55. The molecule has 0 unspecified atom stereocenters. The van der Waals surface area contributed by atoms with Crippen LogP contribution in [0.1, 0.15) is 12.0 Å². The molecule has 0 saturated heterocycles. The third-order valence-electron chi connectivity index (χ3n) is 1.67. The molecule has 12 heavy (non-hydrogen) atoms. The fourth-order valence-electron chi connectivity index (χ4n) is 1.10. The Morgan fingerprint density at radius 1 is 1.33 bits per heavy atom. The van der Waals surface area contributed by atoms with Crippen molar-refractivity contribution in [3.8, 4) is 0 Å². The highest BCUT2D eigenvalue weighted by molar-refractivity contribution is 7.13. The van der Waals surface area contributed by atoms with Crippen molar-refractivity contribution in [2.24, 2.45) is 0 Å². The highest BCUT2D eigenvalue weighted by Crippen LogP contribution is 2.28. The largest absolute Gasteiger partial charge is 0.264 e. The summed E-state index contributed by atoms with van der Waals surface area (Å²) in [6, 6.07) is 4.85. The lowest BCUT2D eigenvalue weighted by Gasteiger charge is -1.98. The molecule has 4 heteroatoms. The first-order chi connectivity index (χ1) is 5.79. The lowest BCUT2D eigenvalue weighted by molar-refractivity contribution is 0.153. The van der Waals surface area contributed by atoms with Crippen LogP contribution in [0.3, 0.4) is 0 Å². The van der Waals surface area contributed by atoms with E-state index in [0.29, 0.717) is 5.39 Å². The first-order valence-corrected chi connectivity index (χ1v) is 4.18. The quantitative estimate of drug-likeness (QED) is 0.664. The number of hydrogen-bond acceptors (Lipinski definition) is 2. The first-order valence-electron chi connectivity index (χ1n) is 3.40. The predicted molar refractivity (Wildman–Crippen MR) is 44.6 cm³/mol. The van der Waals surface area contributed by atoms with Crippen LogP contribution in [0.5, 0.6) is 0 Å². The molecule has 2 aromatic rings. The first kappa shape index (κ1) is 7.61. The Bertz CT molecular complexity index is 397. The van der Waals surface area contributed by atoms with E-state index in [4.69, 9.17) is 0 Å². The van der Waals surface area contributed by atoms with Crippen LogP contribution in [0.2, 0.25) is 0 Å². The number of nitrogens with zero attached hydrogens (tertiary/aromatic N) is 1. The third kappa shape index (κ3) is 1.08. The molecule has 0 aliphatic heterocycles. The van der Waals surface area contributed by atoms with Crippen molar-refractivity contribution in [3.63, 3.8) is 0 Å². The Hall–Kier alpha value is -1.03. The van der Waals surface area contributed by atoms with Crippen molar-refractivity contribution in [2.75, 3.05) is 0 Å². The number of hydrogen-bond donors (Lipinski definition) is 0. The van der Waals surface area contributed by atoms with Crippen molar-refractivity contribution in [3.05, 3.63) is 30.0 Å². The molecule has 0 spiro atoms. The zero-order valence-corrected chi connectivity index (χ0v) is 6.81. The number of halogens is 2. The molecule has 0 N–H and O–H groups in total. The normalized spacial score (nSPS) is 11.2. The van der Waals surface area contributed by atoms with Crippen LogP contribution in [-0.2, 0) is 0 Å². The summed E-state index contributed by atoms with van der Waals surface area (Å²) in [6.07, 6.45) is -0.924. The van der Waals surface area contributed by atoms with Gasteiger partial charge in [-0.15, -0.1) is 0 Å². The molecular formula is C8H5F2NS. The molecule has 0 aliphatic carbocycles. The Balaban J connectivity index is 2.73. The van der Waals surface area contributed by atoms with Crippen molar-refractivity contribution >= 4 is 21.6 Å². The van der Waals surface area contributed by atoms with Gasteiger partial charge >= 0.3 is 0 Å². The van der Waals surface area contributed by atoms with Crippen molar-refractivity contribution in [2.45, 2.75) is 6.43 Å². The van der Waals surface area contributed by atoms with Crippen molar-refractivity contribution < 1.29 is 8.78 Å². The summed E-state index contributed by atoms with van der Waals surface area (Å²) in [5, 5.41) is 0.567. The van der Waals surface area contributed by atoms with E-state index >= 15 is 0 Å². The number of aromatic nitrogens is 1.